The van der Waals surface area contributed by atoms with Crippen LogP contribution in [0.15, 0.2) is 64.4 Å². The van der Waals surface area contributed by atoms with Crippen molar-refractivity contribution in [2.75, 3.05) is 19.5 Å². The predicted molar refractivity (Wildman–Crippen MR) is 146 cm³/mol. The SMILES string of the molecule is CCCCOP(=O)(OCCCC)C1(NS(C)(=O)=O)C=C(S(=O)(=O)c2ccc(C)cc2)C(=O)c2ccccc21. The van der Waals surface area contributed by atoms with Crippen molar-refractivity contribution in [1.29, 1.82) is 0 Å². The van der Waals surface area contributed by atoms with Gasteiger partial charge in [-0.3, -0.25) is 9.36 Å². The molecule has 0 fully saturated rings. The Morgan fingerprint density at radius 3 is 1.97 bits per heavy atom. The summed E-state index contributed by atoms with van der Waals surface area (Å²) in [5.74, 6) is -0.847. The second-order valence-corrected chi connectivity index (χ2v) is 15.1. The molecule has 3 rings (SSSR count). The Kier molecular flexibility index (Phi) is 9.55. The fourth-order valence-electron chi connectivity index (χ4n) is 4.07. The van der Waals surface area contributed by atoms with Crippen molar-refractivity contribution in [3.8, 4) is 0 Å². The summed E-state index contributed by atoms with van der Waals surface area (Å²) in [6.07, 6.45) is 4.15. The van der Waals surface area contributed by atoms with Gasteiger partial charge < -0.3 is 9.05 Å². The number of hydrogen-bond acceptors (Lipinski definition) is 8. The van der Waals surface area contributed by atoms with Crippen LogP contribution in [0.25, 0.3) is 0 Å². The molecule has 12 heteroatoms. The molecule has 1 aliphatic carbocycles. The molecule has 1 aliphatic rings. The van der Waals surface area contributed by atoms with Crippen LogP contribution in [0.4, 0.5) is 0 Å². The fourth-order valence-corrected chi connectivity index (χ4v) is 9.27. The van der Waals surface area contributed by atoms with Crippen LogP contribution >= 0.6 is 7.60 Å². The summed E-state index contributed by atoms with van der Waals surface area (Å²) in [5, 5.41) is -2.31. The maximum absolute atomic E-state index is 14.7. The number of ketones is 1. The highest BCUT2D eigenvalue weighted by Crippen LogP contribution is 2.66. The molecule has 0 saturated carbocycles. The summed E-state index contributed by atoms with van der Waals surface area (Å²) in [7, 11) is -13.2. The van der Waals surface area contributed by atoms with E-state index in [0.717, 1.165) is 17.9 Å². The van der Waals surface area contributed by atoms with Gasteiger partial charge in [0.05, 0.1) is 24.4 Å². The van der Waals surface area contributed by atoms with E-state index in [0.29, 0.717) is 25.7 Å². The van der Waals surface area contributed by atoms with Gasteiger partial charge in [0.15, 0.2) is 5.28 Å². The van der Waals surface area contributed by atoms with E-state index >= 15 is 0 Å². The fraction of sp³-hybridized carbons (Fsp3) is 0.423. The Labute approximate surface area is 225 Å². The third kappa shape index (κ3) is 6.19. The van der Waals surface area contributed by atoms with Crippen LogP contribution in [-0.2, 0) is 38.8 Å². The molecule has 0 aliphatic heterocycles. The molecular formula is C26H34NO8PS2. The van der Waals surface area contributed by atoms with E-state index in [9.17, 15) is 26.2 Å². The maximum atomic E-state index is 14.7. The highest BCUT2D eigenvalue weighted by atomic mass is 32.2. The van der Waals surface area contributed by atoms with Gasteiger partial charge in [-0.15, -0.1) is 0 Å². The number of benzene rings is 2. The zero-order valence-electron chi connectivity index (χ0n) is 22.0. The van der Waals surface area contributed by atoms with Gasteiger partial charge in [0.2, 0.25) is 25.6 Å². The normalized spacial score (nSPS) is 18.2. The van der Waals surface area contributed by atoms with Gasteiger partial charge in [-0.2, -0.15) is 4.72 Å². The zero-order valence-corrected chi connectivity index (χ0v) is 24.5. The van der Waals surface area contributed by atoms with Crippen LogP contribution in [0, 0.1) is 6.92 Å². The summed E-state index contributed by atoms with van der Waals surface area (Å²) in [4.78, 5) is 12.7. The predicted octanol–water partition coefficient (Wildman–Crippen LogP) is 5.08. The van der Waals surface area contributed by atoms with Gasteiger partial charge in [0.1, 0.15) is 4.91 Å². The second kappa shape index (κ2) is 11.9. The molecule has 0 spiro atoms. The number of aryl methyl sites for hydroxylation is 1. The van der Waals surface area contributed by atoms with Gasteiger partial charge >= 0.3 is 7.60 Å². The van der Waals surface area contributed by atoms with Crippen LogP contribution in [0.3, 0.4) is 0 Å². The molecule has 2 aromatic rings. The lowest BCUT2D eigenvalue weighted by atomic mass is 9.92. The average molecular weight is 584 g/mol. The monoisotopic (exact) mass is 583 g/mol. The van der Waals surface area contributed by atoms with E-state index in [1.54, 1.807) is 25.1 Å². The minimum atomic E-state index is -4.53. The van der Waals surface area contributed by atoms with Crippen molar-refractivity contribution in [1.82, 2.24) is 4.72 Å². The molecule has 2 aromatic carbocycles. The molecule has 0 aromatic heterocycles. The summed E-state index contributed by atoms with van der Waals surface area (Å²) >= 11 is 0. The lowest BCUT2D eigenvalue weighted by Gasteiger charge is -2.40. The molecule has 0 bridgehead atoms. The molecule has 38 heavy (non-hydrogen) atoms. The topological polar surface area (TPSA) is 133 Å². The largest absolute Gasteiger partial charge is 0.360 e. The standard InChI is InChI=1S/C26H34NO8PS2/c1-5-7-17-34-36(29,35-18-8-6-2)26(27-37(4,30)31)19-24(25(28)22-11-9-10-12-23(22)26)38(32,33)21-15-13-20(3)14-16-21/h9-16,19,27H,5-8,17-18H2,1-4H3. The number of allylic oxidation sites excluding steroid dienone is 1. The van der Waals surface area contributed by atoms with Crippen molar-refractivity contribution in [2.45, 2.75) is 56.6 Å². The van der Waals surface area contributed by atoms with Crippen molar-refractivity contribution >= 4 is 33.2 Å². The molecule has 9 nitrogen and oxygen atoms in total. The first kappa shape index (κ1) is 30.4. The summed E-state index contributed by atoms with van der Waals surface area (Å²) in [6, 6.07) is 11.8. The average Bonchev–Trinajstić information content (AvgIpc) is 2.85. The van der Waals surface area contributed by atoms with Crippen molar-refractivity contribution in [2.24, 2.45) is 0 Å². The molecule has 1 unspecified atom stereocenters. The number of Topliss-reactive ketones (excluding diaryl/α,β-unsaturated/α-hetero) is 1. The first-order valence-electron chi connectivity index (χ1n) is 12.4. The Morgan fingerprint density at radius 1 is 0.895 bits per heavy atom. The number of carbonyl (C=O) groups excluding carboxylic acids is 1. The van der Waals surface area contributed by atoms with E-state index in [4.69, 9.17) is 9.05 Å². The van der Waals surface area contributed by atoms with Crippen molar-refractivity contribution < 1.29 is 35.2 Å². The molecule has 208 valence electrons. The molecule has 1 atom stereocenters. The number of sulfonamides is 1. The van der Waals surface area contributed by atoms with Crippen LogP contribution in [0.2, 0.25) is 0 Å². The van der Waals surface area contributed by atoms with Crippen molar-refractivity contribution in [3.63, 3.8) is 0 Å². The first-order chi connectivity index (χ1) is 17.8. The number of rotatable bonds is 13. The minimum absolute atomic E-state index is 0.00499. The summed E-state index contributed by atoms with van der Waals surface area (Å²) in [5.41, 5.74) is 0.689. The van der Waals surface area contributed by atoms with E-state index in [1.165, 1.54) is 30.3 Å². The van der Waals surface area contributed by atoms with Gasteiger partial charge in [0.25, 0.3) is 0 Å². The Morgan fingerprint density at radius 2 is 1.45 bits per heavy atom. The molecular weight excluding hydrogens is 549 g/mol. The van der Waals surface area contributed by atoms with Crippen LogP contribution in [0.1, 0.15) is 61.0 Å². The smallest absolute Gasteiger partial charge is 0.307 e. The third-order valence-corrected chi connectivity index (χ3v) is 11.1. The molecule has 0 saturated heterocycles. The molecule has 0 amide bonds. The van der Waals surface area contributed by atoms with E-state index in [1.807, 2.05) is 13.8 Å². The minimum Gasteiger partial charge on any atom is -0.307 e. The summed E-state index contributed by atoms with van der Waals surface area (Å²) < 4.78 is 81.8. The highest BCUT2D eigenvalue weighted by Gasteiger charge is 2.58. The van der Waals surface area contributed by atoms with Gasteiger partial charge in [-0.25, -0.2) is 16.8 Å². The zero-order chi connectivity index (χ0) is 28.2. The van der Waals surface area contributed by atoms with E-state index < -0.39 is 43.4 Å². The second-order valence-electron chi connectivity index (χ2n) is 9.21. The highest BCUT2D eigenvalue weighted by molar-refractivity contribution is 7.96. The Balaban J connectivity index is 2.40. The lowest BCUT2D eigenvalue weighted by Crippen LogP contribution is -2.48. The number of unbranched alkanes of at least 4 members (excludes halogenated alkanes) is 2. The quantitative estimate of drug-likeness (QED) is 0.255. The van der Waals surface area contributed by atoms with Crippen LogP contribution < -0.4 is 4.72 Å². The van der Waals surface area contributed by atoms with Gasteiger partial charge in [0, 0.05) is 11.1 Å². The van der Waals surface area contributed by atoms with Gasteiger partial charge in [-0.1, -0.05) is 68.7 Å². The Hall–Kier alpha value is -2.14. The first-order valence-corrected chi connectivity index (χ1v) is 17.3. The number of sulfone groups is 1. The number of fused-ring (bicyclic) bond motifs is 1. The maximum Gasteiger partial charge on any atom is 0.360 e. The van der Waals surface area contributed by atoms with Crippen LogP contribution in [0.5, 0.6) is 0 Å². The lowest BCUT2D eigenvalue weighted by molar-refractivity contribution is 0.103. The molecule has 1 N–H and O–H groups in total. The van der Waals surface area contributed by atoms with E-state index in [2.05, 4.69) is 4.72 Å². The van der Waals surface area contributed by atoms with Crippen LogP contribution in [-0.4, -0.2) is 42.1 Å². The Bertz CT molecular complexity index is 1450. The number of nitrogens with one attached hydrogen (secondary N) is 1. The molecule has 0 heterocycles. The van der Waals surface area contributed by atoms with Gasteiger partial charge in [-0.05, 0) is 38.0 Å². The summed E-state index contributed by atoms with van der Waals surface area (Å²) in [6.45, 7) is 5.53. The molecule has 0 radical (unpaired) electrons. The number of hydrogen-bond donors (Lipinski definition) is 1. The van der Waals surface area contributed by atoms with Crippen molar-refractivity contribution in [3.05, 3.63) is 76.2 Å². The van der Waals surface area contributed by atoms with E-state index in [-0.39, 0.29) is 29.2 Å². The third-order valence-electron chi connectivity index (χ3n) is 6.06. The number of carbonyl (C=O) groups is 1.